The van der Waals surface area contributed by atoms with E-state index in [2.05, 4.69) is 35.4 Å². The van der Waals surface area contributed by atoms with E-state index in [0.29, 0.717) is 17.4 Å². The van der Waals surface area contributed by atoms with Gasteiger partial charge in [-0.2, -0.15) is 5.10 Å². The second kappa shape index (κ2) is 4.50. The largest absolute Gasteiger partial charge is 0.369 e. The second-order valence-electron chi connectivity index (χ2n) is 6.89. The molecular formula is C15H25N5. The maximum Gasteiger partial charge on any atom is 0.202 e. The minimum absolute atomic E-state index is 0.401. The van der Waals surface area contributed by atoms with Crippen molar-refractivity contribution in [2.45, 2.75) is 58.9 Å². The quantitative estimate of drug-likeness (QED) is 0.936. The number of rotatable bonds is 3. The normalized spacial score (nSPS) is 21.9. The average molecular weight is 275 g/mol. The molecule has 2 aromatic rings. The summed E-state index contributed by atoms with van der Waals surface area (Å²) < 4.78 is 4.17. The van der Waals surface area contributed by atoms with Crippen LogP contribution in [0.25, 0.3) is 11.2 Å². The fourth-order valence-electron chi connectivity index (χ4n) is 3.60. The van der Waals surface area contributed by atoms with Crippen LogP contribution < -0.4 is 5.73 Å². The monoisotopic (exact) mass is 275 g/mol. The number of fused-ring (bicyclic) bond motifs is 1. The van der Waals surface area contributed by atoms with Crippen molar-refractivity contribution >= 4 is 17.1 Å². The molecule has 20 heavy (non-hydrogen) atoms. The van der Waals surface area contributed by atoms with Crippen LogP contribution in [0.2, 0.25) is 0 Å². The SMILES string of the molecule is CCCc1nn(C)c2c1nc(N)n2C1CCC(C)(C)C1. The maximum atomic E-state index is 6.21. The number of aromatic nitrogens is 4. The number of hydrogen-bond acceptors (Lipinski definition) is 3. The zero-order valence-corrected chi connectivity index (χ0v) is 13.0. The summed E-state index contributed by atoms with van der Waals surface area (Å²) in [6, 6.07) is 0.458. The Hall–Kier alpha value is -1.52. The molecule has 5 nitrogen and oxygen atoms in total. The Morgan fingerprint density at radius 1 is 1.40 bits per heavy atom. The highest BCUT2D eigenvalue weighted by molar-refractivity contribution is 5.78. The molecule has 1 fully saturated rings. The van der Waals surface area contributed by atoms with Crippen LogP contribution in [0.1, 0.15) is 58.2 Å². The molecule has 110 valence electrons. The third kappa shape index (κ3) is 2.00. The lowest BCUT2D eigenvalue weighted by Crippen LogP contribution is -2.13. The molecule has 1 aliphatic rings. The Bertz CT molecular complexity index is 634. The molecule has 0 radical (unpaired) electrons. The van der Waals surface area contributed by atoms with Gasteiger partial charge in [-0.05, 0) is 31.1 Å². The molecule has 2 N–H and O–H groups in total. The number of nitrogens with zero attached hydrogens (tertiary/aromatic N) is 4. The van der Waals surface area contributed by atoms with Crippen molar-refractivity contribution < 1.29 is 0 Å². The molecule has 0 spiro atoms. The van der Waals surface area contributed by atoms with E-state index in [9.17, 15) is 0 Å². The van der Waals surface area contributed by atoms with Crippen molar-refractivity contribution in [3.05, 3.63) is 5.69 Å². The topological polar surface area (TPSA) is 61.7 Å². The standard InChI is InChI=1S/C15H25N5/c1-5-6-11-12-13(19(4)18-11)20(14(16)17-12)10-7-8-15(2,3)9-10/h10H,5-9H2,1-4H3,(H2,16,17). The number of imidazole rings is 1. The number of anilines is 1. The fraction of sp³-hybridized carbons (Fsp3) is 0.733. The first-order valence-corrected chi connectivity index (χ1v) is 7.62. The molecule has 5 heteroatoms. The van der Waals surface area contributed by atoms with Crippen LogP contribution in [0.5, 0.6) is 0 Å². The predicted octanol–water partition coefficient (Wildman–Crippen LogP) is 3.06. The minimum atomic E-state index is 0.401. The van der Waals surface area contributed by atoms with Gasteiger partial charge in [0.15, 0.2) is 5.65 Å². The third-order valence-electron chi connectivity index (χ3n) is 4.56. The van der Waals surface area contributed by atoms with E-state index < -0.39 is 0 Å². The lowest BCUT2D eigenvalue weighted by atomic mass is 9.92. The summed E-state index contributed by atoms with van der Waals surface area (Å²) in [4.78, 5) is 4.60. The molecule has 1 unspecified atom stereocenters. The Labute approximate surface area is 120 Å². The number of nitrogens with two attached hydrogens (primary N) is 1. The molecule has 1 aliphatic carbocycles. The highest BCUT2D eigenvalue weighted by Crippen LogP contribution is 2.45. The van der Waals surface area contributed by atoms with Gasteiger partial charge in [-0.1, -0.05) is 27.2 Å². The first-order valence-electron chi connectivity index (χ1n) is 7.62. The fourth-order valence-corrected chi connectivity index (χ4v) is 3.60. The predicted molar refractivity (Wildman–Crippen MR) is 81.6 cm³/mol. The molecule has 2 heterocycles. The van der Waals surface area contributed by atoms with Crippen LogP contribution in [-0.4, -0.2) is 19.3 Å². The van der Waals surface area contributed by atoms with Crippen molar-refractivity contribution in [2.75, 3.05) is 5.73 Å². The molecular weight excluding hydrogens is 250 g/mol. The zero-order valence-electron chi connectivity index (χ0n) is 13.0. The van der Waals surface area contributed by atoms with Crippen molar-refractivity contribution in [3.8, 4) is 0 Å². The summed E-state index contributed by atoms with van der Waals surface area (Å²) in [6.45, 7) is 6.84. The smallest absolute Gasteiger partial charge is 0.202 e. The van der Waals surface area contributed by atoms with Gasteiger partial charge >= 0.3 is 0 Å². The van der Waals surface area contributed by atoms with E-state index in [1.54, 1.807) is 0 Å². The van der Waals surface area contributed by atoms with Gasteiger partial charge in [0.25, 0.3) is 0 Å². The highest BCUT2D eigenvalue weighted by atomic mass is 15.4. The van der Waals surface area contributed by atoms with Crippen LogP contribution in [0.4, 0.5) is 5.95 Å². The summed E-state index contributed by atoms with van der Waals surface area (Å²) in [5.74, 6) is 0.646. The summed E-state index contributed by atoms with van der Waals surface area (Å²) >= 11 is 0. The van der Waals surface area contributed by atoms with Gasteiger partial charge in [-0.3, -0.25) is 9.25 Å². The summed E-state index contributed by atoms with van der Waals surface area (Å²) in [6.07, 6.45) is 5.63. The first kappa shape index (κ1) is 13.5. The Morgan fingerprint density at radius 2 is 2.15 bits per heavy atom. The van der Waals surface area contributed by atoms with Crippen molar-refractivity contribution in [1.82, 2.24) is 19.3 Å². The van der Waals surface area contributed by atoms with Crippen molar-refractivity contribution in [1.29, 1.82) is 0 Å². The van der Waals surface area contributed by atoms with Gasteiger partial charge in [-0.25, -0.2) is 4.98 Å². The van der Waals surface area contributed by atoms with E-state index in [4.69, 9.17) is 5.73 Å². The summed E-state index contributed by atoms with van der Waals surface area (Å²) in [5, 5.41) is 4.63. The van der Waals surface area contributed by atoms with E-state index >= 15 is 0 Å². The molecule has 0 bridgehead atoms. The molecule has 2 aromatic heterocycles. The zero-order chi connectivity index (χ0) is 14.5. The van der Waals surface area contributed by atoms with Gasteiger partial charge in [0.1, 0.15) is 5.52 Å². The molecule has 0 aromatic carbocycles. The van der Waals surface area contributed by atoms with Gasteiger partial charge in [0.2, 0.25) is 5.95 Å². The van der Waals surface area contributed by atoms with E-state index in [0.717, 1.165) is 36.1 Å². The van der Waals surface area contributed by atoms with Crippen LogP contribution >= 0.6 is 0 Å². The van der Waals surface area contributed by atoms with Crippen LogP contribution in [0.3, 0.4) is 0 Å². The maximum absolute atomic E-state index is 6.21. The van der Waals surface area contributed by atoms with Crippen LogP contribution in [0.15, 0.2) is 0 Å². The second-order valence-corrected chi connectivity index (χ2v) is 6.89. The first-order chi connectivity index (χ1) is 9.43. The van der Waals surface area contributed by atoms with E-state index in [-0.39, 0.29) is 0 Å². The average Bonchev–Trinajstić information content (AvgIpc) is 2.96. The number of nitrogen functional groups attached to an aromatic ring is 1. The molecule has 3 rings (SSSR count). The van der Waals surface area contributed by atoms with Gasteiger partial charge in [0.05, 0.1) is 5.69 Å². The Morgan fingerprint density at radius 3 is 2.75 bits per heavy atom. The molecule has 0 aliphatic heterocycles. The van der Waals surface area contributed by atoms with Crippen LogP contribution in [0, 0.1) is 5.41 Å². The summed E-state index contributed by atoms with van der Waals surface area (Å²) in [5.41, 5.74) is 9.78. The molecule has 0 amide bonds. The highest BCUT2D eigenvalue weighted by Gasteiger charge is 2.34. The van der Waals surface area contributed by atoms with Crippen LogP contribution in [-0.2, 0) is 13.5 Å². The number of hydrogen-bond donors (Lipinski definition) is 1. The molecule has 1 saturated carbocycles. The third-order valence-corrected chi connectivity index (χ3v) is 4.56. The van der Waals surface area contributed by atoms with E-state index in [1.165, 1.54) is 12.8 Å². The van der Waals surface area contributed by atoms with E-state index in [1.807, 2.05) is 11.7 Å². The summed E-state index contributed by atoms with van der Waals surface area (Å²) in [7, 11) is 2.00. The number of aryl methyl sites for hydroxylation is 2. The lowest BCUT2D eigenvalue weighted by Gasteiger charge is -2.19. The Balaban J connectivity index is 2.09. The van der Waals surface area contributed by atoms with Gasteiger partial charge in [-0.15, -0.1) is 0 Å². The molecule has 0 saturated heterocycles. The minimum Gasteiger partial charge on any atom is -0.369 e. The van der Waals surface area contributed by atoms with Gasteiger partial charge < -0.3 is 5.73 Å². The Kier molecular flexibility index (Phi) is 3.03. The van der Waals surface area contributed by atoms with Crippen molar-refractivity contribution in [2.24, 2.45) is 12.5 Å². The molecule has 1 atom stereocenters. The lowest BCUT2D eigenvalue weighted by molar-refractivity contribution is 0.360. The van der Waals surface area contributed by atoms with Crippen molar-refractivity contribution in [3.63, 3.8) is 0 Å². The van der Waals surface area contributed by atoms with Gasteiger partial charge in [0, 0.05) is 13.1 Å².